The Morgan fingerprint density at radius 3 is 2.50 bits per heavy atom. The zero-order chi connectivity index (χ0) is 17.3. The van der Waals surface area contributed by atoms with E-state index in [1.165, 1.54) is 12.3 Å². The molecule has 0 aliphatic carbocycles. The van der Waals surface area contributed by atoms with Gasteiger partial charge in [0.15, 0.2) is 0 Å². The predicted molar refractivity (Wildman–Crippen MR) is 80.1 cm³/mol. The van der Waals surface area contributed by atoms with Gasteiger partial charge in [-0.1, -0.05) is 0 Å². The zero-order valence-electron chi connectivity index (χ0n) is 11.9. The van der Waals surface area contributed by atoms with E-state index in [-0.39, 0.29) is 5.69 Å². The molecule has 0 aliphatic rings. The molecule has 2 amide bonds. The smallest absolute Gasteiger partial charge is 0.358 e. The van der Waals surface area contributed by atoms with Gasteiger partial charge < -0.3 is 15.6 Å². The number of amides is 2. The summed E-state index contributed by atoms with van der Waals surface area (Å²) < 4.78 is 50.5. The number of carbonyl (C=O) groups is 1. The average molecular weight is 338 g/mol. The molecule has 0 saturated heterocycles. The van der Waals surface area contributed by atoms with Gasteiger partial charge in [-0.3, -0.25) is 0 Å². The van der Waals surface area contributed by atoms with E-state index < -0.39 is 23.6 Å². The number of nitrogens with one attached hydrogen (secondary N) is 3. The lowest BCUT2D eigenvalue weighted by atomic mass is 10.2. The summed E-state index contributed by atoms with van der Waals surface area (Å²) in [5.41, 5.74) is 0.462. The molecule has 2 aromatic heterocycles. The number of hydrogen-bond acceptors (Lipinski definition) is 2. The van der Waals surface area contributed by atoms with Crippen molar-refractivity contribution < 1.29 is 22.4 Å². The van der Waals surface area contributed by atoms with Crippen molar-refractivity contribution >= 4 is 28.4 Å². The minimum absolute atomic E-state index is 0.194. The summed E-state index contributed by atoms with van der Waals surface area (Å²) in [6, 6.07) is 4.58. The normalized spacial score (nSPS) is 11.5. The van der Waals surface area contributed by atoms with Gasteiger partial charge in [0.2, 0.25) is 0 Å². The van der Waals surface area contributed by atoms with Crippen molar-refractivity contribution in [2.75, 3.05) is 10.6 Å². The SMILES string of the molecule is O=C(Nc1ccc(C(F)(F)F)cc1)Nc1c[nH]c2cc(F)cnc12. The fourth-order valence-electron chi connectivity index (χ4n) is 2.10. The van der Waals surface area contributed by atoms with Gasteiger partial charge in [0.25, 0.3) is 0 Å². The molecule has 2 heterocycles. The molecule has 0 fully saturated rings. The summed E-state index contributed by atoms with van der Waals surface area (Å²) in [6.07, 6.45) is -2.00. The predicted octanol–water partition coefficient (Wildman–Crippen LogP) is 4.36. The second-order valence-corrected chi connectivity index (χ2v) is 4.91. The standard InChI is InChI=1S/C15H10F4N4O/c16-9-5-11-13(21-6-9)12(7-20-11)23-14(24)22-10-3-1-8(2-4-10)15(17,18)19/h1-7,20H,(H2,22,23,24). The third-order valence-corrected chi connectivity index (χ3v) is 3.20. The lowest BCUT2D eigenvalue weighted by Crippen LogP contribution is -2.19. The summed E-state index contributed by atoms with van der Waals surface area (Å²) >= 11 is 0. The molecule has 1 aromatic carbocycles. The summed E-state index contributed by atoms with van der Waals surface area (Å²) in [4.78, 5) is 18.5. The number of hydrogen-bond donors (Lipinski definition) is 3. The molecular weight excluding hydrogens is 328 g/mol. The number of carbonyl (C=O) groups excluding carboxylic acids is 1. The van der Waals surface area contributed by atoms with Crippen molar-refractivity contribution in [1.29, 1.82) is 0 Å². The number of urea groups is 1. The van der Waals surface area contributed by atoms with Gasteiger partial charge in [0.1, 0.15) is 11.3 Å². The molecule has 0 unspecified atom stereocenters. The number of nitrogens with zero attached hydrogens (tertiary/aromatic N) is 1. The van der Waals surface area contributed by atoms with E-state index in [9.17, 15) is 22.4 Å². The Morgan fingerprint density at radius 2 is 1.83 bits per heavy atom. The van der Waals surface area contributed by atoms with Crippen LogP contribution >= 0.6 is 0 Å². The number of alkyl halides is 3. The molecule has 0 saturated carbocycles. The Bertz CT molecular complexity index is 887. The number of anilines is 2. The van der Waals surface area contributed by atoms with Crippen LogP contribution < -0.4 is 10.6 Å². The van der Waals surface area contributed by atoms with Crippen molar-refractivity contribution in [2.45, 2.75) is 6.18 Å². The largest absolute Gasteiger partial charge is 0.416 e. The highest BCUT2D eigenvalue weighted by Crippen LogP contribution is 2.30. The minimum atomic E-state index is -4.44. The summed E-state index contributed by atoms with van der Waals surface area (Å²) in [7, 11) is 0. The summed E-state index contributed by atoms with van der Waals surface area (Å²) in [5, 5.41) is 4.89. The first-order valence-corrected chi connectivity index (χ1v) is 6.71. The third-order valence-electron chi connectivity index (χ3n) is 3.20. The summed E-state index contributed by atoms with van der Waals surface area (Å²) in [6.45, 7) is 0. The van der Waals surface area contributed by atoms with Crippen LogP contribution in [-0.2, 0) is 6.18 Å². The number of aromatic nitrogens is 2. The molecule has 3 aromatic rings. The van der Waals surface area contributed by atoms with Crippen LogP contribution in [0.25, 0.3) is 11.0 Å². The van der Waals surface area contributed by atoms with E-state index in [2.05, 4.69) is 20.6 Å². The van der Waals surface area contributed by atoms with Gasteiger partial charge in [-0.2, -0.15) is 13.2 Å². The molecule has 5 nitrogen and oxygen atoms in total. The minimum Gasteiger partial charge on any atom is -0.358 e. The van der Waals surface area contributed by atoms with Crippen LogP contribution in [-0.4, -0.2) is 16.0 Å². The number of pyridine rings is 1. The Morgan fingerprint density at radius 1 is 1.12 bits per heavy atom. The number of benzene rings is 1. The number of rotatable bonds is 2. The molecule has 3 rings (SSSR count). The van der Waals surface area contributed by atoms with Crippen LogP contribution in [0.5, 0.6) is 0 Å². The van der Waals surface area contributed by atoms with Crippen LogP contribution in [0.15, 0.2) is 42.7 Å². The average Bonchev–Trinajstić information content (AvgIpc) is 2.89. The van der Waals surface area contributed by atoms with Gasteiger partial charge >= 0.3 is 12.2 Å². The second-order valence-electron chi connectivity index (χ2n) is 4.91. The molecule has 0 atom stereocenters. The lowest BCUT2D eigenvalue weighted by molar-refractivity contribution is -0.137. The maximum atomic E-state index is 13.1. The van der Waals surface area contributed by atoms with Crippen molar-refractivity contribution in [1.82, 2.24) is 9.97 Å². The lowest BCUT2D eigenvalue weighted by Gasteiger charge is -2.09. The first-order valence-electron chi connectivity index (χ1n) is 6.71. The quantitative estimate of drug-likeness (QED) is 0.608. The number of aromatic amines is 1. The van der Waals surface area contributed by atoms with Crippen LogP contribution in [0.1, 0.15) is 5.56 Å². The van der Waals surface area contributed by atoms with Crippen molar-refractivity contribution in [3.05, 3.63) is 54.1 Å². The molecule has 0 radical (unpaired) electrons. The van der Waals surface area contributed by atoms with Crippen molar-refractivity contribution in [2.24, 2.45) is 0 Å². The topological polar surface area (TPSA) is 69.8 Å². The van der Waals surface area contributed by atoms with E-state index >= 15 is 0 Å². The van der Waals surface area contributed by atoms with Crippen LogP contribution in [0.2, 0.25) is 0 Å². The molecule has 124 valence electrons. The highest BCUT2D eigenvalue weighted by atomic mass is 19.4. The summed E-state index contributed by atoms with van der Waals surface area (Å²) in [5.74, 6) is -0.523. The fourth-order valence-corrected chi connectivity index (χ4v) is 2.10. The van der Waals surface area contributed by atoms with E-state index in [4.69, 9.17) is 0 Å². The number of halogens is 4. The van der Waals surface area contributed by atoms with Crippen molar-refractivity contribution in [3.63, 3.8) is 0 Å². The zero-order valence-corrected chi connectivity index (χ0v) is 11.9. The van der Waals surface area contributed by atoms with E-state index in [0.29, 0.717) is 16.7 Å². The van der Waals surface area contributed by atoms with Gasteiger partial charge in [-0.25, -0.2) is 14.2 Å². The first-order chi connectivity index (χ1) is 11.3. The van der Waals surface area contributed by atoms with Gasteiger partial charge in [0, 0.05) is 18.0 Å². The Labute approximate surface area is 132 Å². The highest BCUT2D eigenvalue weighted by Gasteiger charge is 2.29. The van der Waals surface area contributed by atoms with Crippen LogP contribution in [0, 0.1) is 5.82 Å². The molecular formula is C15H10F4N4O. The Kier molecular flexibility index (Phi) is 3.84. The molecule has 0 aliphatic heterocycles. The second kappa shape index (κ2) is 5.84. The molecule has 9 heteroatoms. The van der Waals surface area contributed by atoms with Crippen molar-refractivity contribution in [3.8, 4) is 0 Å². The van der Waals surface area contributed by atoms with E-state index in [0.717, 1.165) is 30.5 Å². The molecule has 3 N–H and O–H groups in total. The number of H-pyrrole nitrogens is 1. The first kappa shape index (κ1) is 15.8. The molecule has 0 spiro atoms. The Balaban J connectivity index is 1.71. The molecule has 0 bridgehead atoms. The maximum Gasteiger partial charge on any atom is 0.416 e. The Hall–Kier alpha value is -3.10. The van der Waals surface area contributed by atoms with Crippen LogP contribution in [0.4, 0.5) is 33.7 Å². The third kappa shape index (κ3) is 3.29. The van der Waals surface area contributed by atoms with E-state index in [1.807, 2.05) is 0 Å². The molecule has 24 heavy (non-hydrogen) atoms. The monoisotopic (exact) mass is 338 g/mol. The van der Waals surface area contributed by atoms with Gasteiger partial charge in [-0.05, 0) is 24.3 Å². The van der Waals surface area contributed by atoms with Crippen LogP contribution in [0.3, 0.4) is 0 Å². The van der Waals surface area contributed by atoms with Gasteiger partial charge in [-0.15, -0.1) is 0 Å². The highest BCUT2D eigenvalue weighted by molar-refractivity contribution is 6.04. The van der Waals surface area contributed by atoms with E-state index in [1.54, 1.807) is 0 Å². The fraction of sp³-hybridized carbons (Fsp3) is 0.0667. The van der Waals surface area contributed by atoms with Gasteiger partial charge in [0.05, 0.1) is 23.0 Å². The number of fused-ring (bicyclic) bond motifs is 1. The maximum absolute atomic E-state index is 13.1.